The highest BCUT2D eigenvalue weighted by Gasteiger charge is 2.05. The van der Waals surface area contributed by atoms with Gasteiger partial charge in [-0.25, -0.2) is 0 Å². The summed E-state index contributed by atoms with van der Waals surface area (Å²) in [6, 6.07) is 5.70. The Morgan fingerprint density at radius 2 is 2.31 bits per heavy atom. The Hall–Kier alpha value is -1.11. The Kier molecular flexibility index (Phi) is 3.42. The minimum Gasteiger partial charge on any atom is -0.394 e. The fourth-order valence-electron chi connectivity index (χ4n) is 1.39. The minimum atomic E-state index is -0.749. The van der Waals surface area contributed by atoms with Crippen molar-refractivity contribution < 1.29 is 10.2 Å². The molecule has 0 radical (unpaired) electrons. The Morgan fingerprint density at radius 3 is 3.06 bits per heavy atom. The third-order valence-electron chi connectivity index (χ3n) is 2.26. The van der Waals surface area contributed by atoms with Crippen molar-refractivity contribution in [3.8, 4) is 0 Å². The second-order valence-corrected chi connectivity index (χ2v) is 4.28. The fourth-order valence-corrected chi connectivity index (χ4v) is 1.81. The van der Waals surface area contributed by atoms with E-state index in [9.17, 15) is 5.11 Å². The molecule has 0 saturated carbocycles. The maximum Gasteiger partial charge on any atom is 0.108 e. The molecule has 0 fully saturated rings. The van der Waals surface area contributed by atoms with Gasteiger partial charge in [-0.15, -0.1) is 0 Å². The van der Waals surface area contributed by atoms with E-state index in [1.807, 2.05) is 18.2 Å². The summed E-state index contributed by atoms with van der Waals surface area (Å²) in [5.41, 5.74) is 1.70. The number of hydrogen-bond donors (Lipinski definition) is 4. The molecule has 0 aliphatic rings. The van der Waals surface area contributed by atoms with Gasteiger partial charge < -0.3 is 15.5 Å². The topological polar surface area (TPSA) is 81.2 Å². The number of benzene rings is 1. The normalized spacial score (nSPS) is 12.9. The molecule has 1 aromatic heterocycles. The van der Waals surface area contributed by atoms with Crippen LogP contribution >= 0.6 is 15.9 Å². The standard InChI is InChI=1S/C10H12BrN3O2/c11-10-8-2-1-6(3-9(8)13-14-10)12-4-7(16)5-15/h1-3,7,12,15-16H,4-5H2,(H,13,14). The van der Waals surface area contributed by atoms with Gasteiger partial charge in [0.25, 0.3) is 0 Å². The van der Waals surface area contributed by atoms with Crippen molar-refractivity contribution in [1.82, 2.24) is 10.2 Å². The van der Waals surface area contributed by atoms with Gasteiger partial charge in [-0.3, -0.25) is 5.10 Å². The summed E-state index contributed by atoms with van der Waals surface area (Å²) in [5, 5.41) is 28.8. The Balaban J connectivity index is 2.14. The third kappa shape index (κ3) is 2.34. The third-order valence-corrected chi connectivity index (χ3v) is 2.87. The number of anilines is 1. The Labute approximate surface area is 101 Å². The van der Waals surface area contributed by atoms with Crippen molar-refractivity contribution in [2.75, 3.05) is 18.5 Å². The molecule has 16 heavy (non-hydrogen) atoms. The molecule has 1 atom stereocenters. The molecule has 0 spiro atoms. The molecule has 1 unspecified atom stereocenters. The first-order valence-electron chi connectivity index (χ1n) is 4.87. The van der Waals surface area contributed by atoms with E-state index in [0.717, 1.165) is 21.2 Å². The molecule has 0 aliphatic heterocycles. The van der Waals surface area contributed by atoms with Gasteiger partial charge in [0, 0.05) is 17.6 Å². The summed E-state index contributed by atoms with van der Waals surface area (Å²) in [6.07, 6.45) is -0.749. The summed E-state index contributed by atoms with van der Waals surface area (Å²) < 4.78 is 0.851. The van der Waals surface area contributed by atoms with Crippen molar-refractivity contribution in [1.29, 1.82) is 0 Å². The van der Waals surface area contributed by atoms with Crippen molar-refractivity contribution in [3.63, 3.8) is 0 Å². The number of fused-ring (bicyclic) bond motifs is 1. The second kappa shape index (κ2) is 4.82. The molecule has 0 amide bonds. The zero-order chi connectivity index (χ0) is 11.5. The molecule has 4 N–H and O–H groups in total. The lowest BCUT2D eigenvalue weighted by Gasteiger charge is -2.09. The van der Waals surface area contributed by atoms with Crippen LogP contribution in [0.2, 0.25) is 0 Å². The fraction of sp³-hybridized carbons (Fsp3) is 0.300. The van der Waals surface area contributed by atoms with E-state index >= 15 is 0 Å². The van der Waals surface area contributed by atoms with Gasteiger partial charge in [-0.1, -0.05) is 0 Å². The summed E-state index contributed by atoms with van der Waals surface area (Å²) in [4.78, 5) is 0. The number of rotatable bonds is 4. The maximum atomic E-state index is 9.19. The predicted octanol–water partition coefficient (Wildman–Crippen LogP) is 1.09. The van der Waals surface area contributed by atoms with E-state index in [2.05, 4.69) is 31.4 Å². The first-order chi connectivity index (χ1) is 7.70. The highest BCUT2D eigenvalue weighted by Crippen LogP contribution is 2.23. The molecule has 2 rings (SSSR count). The number of halogens is 1. The van der Waals surface area contributed by atoms with E-state index in [-0.39, 0.29) is 6.61 Å². The van der Waals surface area contributed by atoms with Crippen molar-refractivity contribution in [3.05, 3.63) is 22.8 Å². The number of nitrogens with one attached hydrogen (secondary N) is 2. The van der Waals surface area contributed by atoms with Crippen LogP contribution in [0, 0.1) is 0 Å². The Morgan fingerprint density at radius 1 is 1.50 bits per heavy atom. The zero-order valence-corrected chi connectivity index (χ0v) is 10.0. The predicted molar refractivity (Wildman–Crippen MR) is 65.4 cm³/mol. The SMILES string of the molecule is OCC(O)CNc1ccc2c(Br)[nH]nc2c1. The van der Waals surface area contributed by atoms with Crippen LogP contribution in [0.25, 0.3) is 10.9 Å². The maximum absolute atomic E-state index is 9.19. The van der Waals surface area contributed by atoms with E-state index in [1.165, 1.54) is 0 Å². The number of aromatic nitrogens is 2. The molecule has 2 aromatic rings. The monoisotopic (exact) mass is 285 g/mol. The average molecular weight is 286 g/mol. The molecule has 86 valence electrons. The second-order valence-electron chi connectivity index (χ2n) is 3.49. The van der Waals surface area contributed by atoms with E-state index in [1.54, 1.807) is 0 Å². The summed E-state index contributed by atoms with van der Waals surface area (Å²) in [5.74, 6) is 0. The quantitative estimate of drug-likeness (QED) is 0.678. The van der Waals surface area contributed by atoms with Gasteiger partial charge in [0.2, 0.25) is 0 Å². The molecule has 0 saturated heterocycles. The lowest BCUT2D eigenvalue weighted by Crippen LogP contribution is -2.22. The van der Waals surface area contributed by atoms with Crippen LogP contribution in [0.5, 0.6) is 0 Å². The van der Waals surface area contributed by atoms with Crippen LogP contribution in [0.1, 0.15) is 0 Å². The number of aliphatic hydroxyl groups excluding tert-OH is 2. The summed E-state index contributed by atoms with van der Waals surface area (Å²) in [6.45, 7) is 0.0663. The van der Waals surface area contributed by atoms with Crippen LogP contribution < -0.4 is 5.32 Å². The Bertz CT molecular complexity index is 486. The molecule has 1 heterocycles. The van der Waals surface area contributed by atoms with Crippen molar-refractivity contribution in [2.24, 2.45) is 0 Å². The number of nitrogens with zero attached hydrogens (tertiary/aromatic N) is 1. The van der Waals surface area contributed by atoms with Crippen molar-refractivity contribution >= 4 is 32.5 Å². The first-order valence-corrected chi connectivity index (χ1v) is 5.66. The molecule has 0 aliphatic carbocycles. The first kappa shape index (κ1) is 11.4. The minimum absolute atomic E-state index is 0.247. The number of aromatic amines is 1. The van der Waals surface area contributed by atoms with E-state index < -0.39 is 6.10 Å². The van der Waals surface area contributed by atoms with Crippen LogP contribution in [0.3, 0.4) is 0 Å². The molecular weight excluding hydrogens is 274 g/mol. The van der Waals surface area contributed by atoms with Gasteiger partial charge >= 0.3 is 0 Å². The summed E-state index contributed by atoms with van der Waals surface area (Å²) >= 11 is 3.35. The highest BCUT2D eigenvalue weighted by atomic mass is 79.9. The smallest absolute Gasteiger partial charge is 0.108 e. The molecular formula is C10H12BrN3O2. The van der Waals surface area contributed by atoms with E-state index in [0.29, 0.717) is 6.54 Å². The molecule has 6 heteroatoms. The van der Waals surface area contributed by atoms with Gasteiger partial charge in [-0.2, -0.15) is 5.10 Å². The summed E-state index contributed by atoms with van der Waals surface area (Å²) in [7, 11) is 0. The van der Waals surface area contributed by atoms with Gasteiger partial charge in [0.1, 0.15) is 4.60 Å². The van der Waals surface area contributed by atoms with Gasteiger partial charge in [0.05, 0.1) is 18.2 Å². The zero-order valence-electron chi connectivity index (χ0n) is 8.44. The van der Waals surface area contributed by atoms with Crippen LogP contribution in [-0.2, 0) is 0 Å². The molecule has 5 nitrogen and oxygen atoms in total. The van der Waals surface area contributed by atoms with E-state index in [4.69, 9.17) is 5.11 Å². The number of H-pyrrole nitrogens is 1. The van der Waals surface area contributed by atoms with Gasteiger partial charge in [0.15, 0.2) is 0 Å². The lowest BCUT2D eigenvalue weighted by molar-refractivity contribution is 0.105. The molecule has 1 aromatic carbocycles. The van der Waals surface area contributed by atoms with Gasteiger partial charge in [-0.05, 0) is 34.1 Å². The number of hydrogen-bond acceptors (Lipinski definition) is 4. The van der Waals surface area contributed by atoms with Crippen LogP contribution in [0.4, 0.5) is 5.69 Å². The number of aliphatic hydroxyl groups is 2. The van der Waals surface area contributed by atoms with Crippen LogP contribution in [0.15, 0.2) is 22.8 Å². The van der Waals surface area contributed by atoms with Crippen molar-refractivity contribution in [2.45, 2.75) is 6.10 Å². The van der Waals surface area contributed by atoms with Crippen LogP contribution in [-0.4, -0.2) is 39.7 Å². The largest absolute Gasteiger partial charge is 0.394 e. The average Bonchev–Trinajstić information content (AvgIpc) is 2.67. The highest BCUT2D eigenvalue weighted by molar-refractivity contribution is 9.10. The molecule has 0 bridgehead atoms. The lowest BCUT2D eigenvalue weighted by atomic mass is 10.2.